The van der Waals surface area contributed by atoms with Crippen LogP contribution in [0, 0.1) is 11.6 Å². The Morgan fingerprint density at radius 2 is 1.17 bits per heavy atom. The SMILES string of the molecule is C=CCN1[C@@H](C(=O)Nc2ccc(F)c(Cl)c2)C[C@@H](c2nccs2)NS1(=O)=O.C=CCN1[C@H](C(=O)Nc2ccc(F)c(Cl)c2)C[C@H](c2nccs2)NS1(=O)=O. The minimum atomic E-state index is -3.93. The zero-order valence-electron chi connectivity index (χ0n) is 27.9. The van der Waals surface area contributed by atoms with Gasteiger partial charge in [0.1, 0.15) is 33.7 Å². The number of carbonyl (C=O) groups is 2. The molecular weight excluding hydrogens is 830 g/mol. The summed E-state index contributed by atoms with van der Waals surface area (Å²) in [5.41, 5.74) is 0.540. The summed E-state index contributed by atoms with van der Waals surface area (Å²) in [6.45, 7) is 7.03. The predicted molar refractivity (Wildman–Crippen MR) is 205 cm³/mol. The van der Waals surface area contributed by atoms with Gasteiger partial charge in [0.25, 0.3) is 20.4 Å². The Bertz CT molecular complexity index is 2060. The average molecular weight is 862 g/mol. The van der Waals surface area contributed by atoms with E-state index in [4.69, 9.17) is 23.2 Å². The first kappa shape index (κ1) is 41.5. The van der Waals surface area contributed by atoms with Crippen LogP contribution in [0.15, 0.2) is 84.9 Å². The number of hydrogen-bond donors (Lipinski definition) is 4. The minimum Gasteiger partial charge on any atom is -0.325 e. The molecule has 2 aromatic heterocycles. The second-order valence-electron chi connectivity index (χ2n) is 11.5. The third-order valence-electron chi connectivity index (χ3n) is 7.91. The van der Waals surface area contributed by atoms with Gasteiger partial charge in [-0.25, -0.2) is 18.7 Å². The van der Waals surface area contributed by atoms with E-state index in [0.717, 1.165) is 20.7 Å². The van der Waals surface area contributed by atoms with E-state index in [0.29, 0.717) is 10.0 Å². The smallest absolute Gasteiger partial charge is 0.281 e. The van der Waals surface area contributed by atoms with Crippen molar-refractivity contribution in [2.75, 3.05) is 23.7 Å². The summed E-state index contributed by atoms with van der Waals surface area (Å²) in [7, 11) is -7.86. The molecule has 2 saturated heterocycles. The zero-order valence-corrected chi connectivity index (χ0v) is 32.6. The summed E-state index contributed by atoms with van der Waals surface area (Å²) >= 11 is 14.1. The third kappa shape index (κ3) is 9.93. The monoisotopic (exact) mass is 860 g/mol. The maximum atomic E-state index is 13.3. The lowest BCUT2D eigenvalue weighted by Crippen LogP contribution is -2.57. The Hall–Kier alpha value is -3.70. The van der Waals surface area contributed by atoms with Crippen LogP contribution < -0.4 is 20.1 Å². The van der Waals surface area contributed by atoms with Crippen LogP contribution in [0.4, 0.5) is 20.2 Å². The molecule has 0 bridgehead atoms. The van der Waals surface area contributed by atoms with Gasteiger partial charge in [-0.2, -0.15) is 34.9 Å². The van der Waals surface area contributed by atoms with Crippen molar-refractivity contribution < 1.29 is 35.2 Å². The summed E-state index contributed by atoms with van der Waals surface area (Å²) in [4.78, 5) is 33.9. The molecule has 14 nitrogen and oxygen atoms in total. The molecule has 54 heavy (non-hydrogen) atoms. The van der Waals surface area contributed by atoms with Crippen molar-refractivity contribution in [3.8, 4) is 0 Å². The van der Waals surface area contributed by atoms with Crippen molar-refractivity contribution in [2.45, 2.75) is 37.0 Å². The first-order valence-corrected chi connectivity index (χ1v) is 21.1. The Morgan fingerprint density at radius 1 is 0.778 bits per heavy atom. The molecule has 4 heterocycles. The van der Waals surface area contributed by atoms with Gasteiger partial charge in [0.15, 0.2) is 0 Å². The number of rotatable bonds is 10. The third-order valence-corrected chi connectivity index (χ3v) is 13.5. The molecule has 2 amide bonds. The quantitative estimate of drug-likeness (QED) is 0.153. The largest absolute Gasteiger partial charge is 0.325 e. The number of thiazole rings is 2. The van der Waals surface area contributed by atoms with Crippen LogP contribution in [0.25, 0.3) is 0 Å². The van der Waals surface area contributed by atoms with Crippen molar-refractivity contribution in [2.24, 2.45) is 0 Å². The molecule has 4 N–H and O–H groups in total. The van der Waals surface area contributed by atoms with Crippen molar-refractivity contribution in [3.05, 3.63) is 117 Å². The summed E-state index contributed by atoms with van der Waals surface area (Å²) < 4.78 is 84.3. The van der Waals surface area contributed by atoms with E-state index >= 15 is 0 Å². The van der Waals surface area contributed by atoms with Gasteiger partial charge in [0, 0.05) is 47.6 Å². The van der Waals surface area contributed by atoms with Gasteiger partial charge in [-0.3, -0.25) is 9.59 Å². The molecule has 0 aliphatic carbocycles. The van der Waals surface area contributed by atoms with Crippen molar-refractivity contribution >= 4 is 89.5 Å². The molecule has 2 aliphatic heterocycles. The number of anilines is 2. The van der Waals surface area contributed by atoms with E-state index in [-0.39, 0.29) is 47.4 Å². The highest BCUT2D eigenvalue weighted by molar-refractivity contribution is 7.87. The number of hydrogen-bond acceptors (Lipinski definition) is 10. The van der Waals surface area contributed by atoms with Crippen LogP contribution in [0.2, 0.25) is 10.0 Å². The number of nitrogens with one attached hydrogen (secondary N) is 4. The summed E-state index contributed by atoms with van der Waals surface area (Å²) in [5.74, 6) is -2.33. The summed E-state index contributed by atoms with van der Waals surface area (Å²) in [6, 6.07) is 4.25. The molecular formula is C32H32Cl2F2N8O6S4. The van der Waals surface area contributed by atoms with E-state index in [1.165, 1.54) is 59.1 Å². The summed E-state index contributed by atoms with van der Waals surface area (Å²) in [5, 5.41) is 9.51. The van der Waals surface area contributed by atoms with E-state index in [9.17, 15) is 35.2 Å². The number of halogens is 4. The minimum absolute atomic E-state index is 0.0395. The summed E-state index contributed by atoms with van der Waals surface area (Å²) in [6.07, 6.45) is 6.30. The lowest BCUT2D eigenvalue weighted by atomic mass is 10.1. The number of benzene rings is 2. The number of amides is 2. The second-order valence-corrected chi connectivity index (χ2v) is 17.5. The average Bonchev–Trinajstić information content (AvgIpc) is 3.86. The van der Waals surface area contributed by atoms with Crippen LogP contribution in [0.1, 0.15) is 34.9 Å². The number of aromatic nitrogens is 2. The van der Waals surface area contributed by atoms with E-state index in [1.54, 1.807) is 23.2 Å². The molecule has 0 unspecified atom stereocenters. The lowest BCUT2D eigenvalue weighted by molar-refractivity contribution is -0.121. The fraction of sp³-hybridized carbons (Fsp3) is 0.250. The van der Waals surface area contributed by atoms with Crippen molar-refractivity contribution in [1.82, 2.24) is 28.0 Å². The molecule has 4 aromatic rings. The Morgan fingerprint density at radius 3 is 1.48 bits per heavy atom. The highest BCUT2D eigenvalue weighted by atomic mass is 35.5. The fourth-order valence-corrected chi connectivity index (χ4v) is 10.5. The van der Waals surface area contributed by atoms with E-state index in [1.807, 2.05) is 0 Å². The van der Waals surface area contributed by atoms with Crippen LogP contribution >= 0.6 is 45.9 Å². The standard InChI is InChI=1S/2C16H16ClFN4O3S2/c2*1-2-6-22-14(15(23)20-10-3-4-12(18)11(17)8-10)9-13(21-27(22,24)25)16-19-5-7-26-16/h2*2-5,7-8,13-14,21H,1,6,9H2,(H,20,23)/t2*13-,14+/m10/s1. The van der Waals surface area contributed by atoms with Gasteiger partial charge in [-0.1, -0.05) is 35.4 Å². The van der Waals surface area contributed by atoms with E-state index < -0.39 is 68.0 Å². The molecule has 288 valence electrons. The highest BCUT2D eigenvalue weighted by Gasteiger charge is 2.44. The van der Waals surface area contributed by atoms with Crippen LogP contribution in [0.5, 0.6) is 0 Å². The zero-order chi connectivity index (χ0) is 39.2. The Kier molecular flexibility index (Phi) is 13.7. The van der Waals surface area contributed by atoms with Gasteiger partial charge in [0.05, 0.1) is 22.1 Å². The number of nitrogens with zero attached hydrogens (tertiary/aromatic N) is 4. The maximum Gasteiger partial charge on any atom is 0.281 e. The second kappa shape index (κ2) is 17.8. The molecule has 0 radical (unpaired) electrons. The first-order valence-electron chi connectivity index (χ1n) is 15.7. The van der Waals surface area contributed by atoms with Gasteiger partial charge in [0.2, 0.25) is 11.8 Å². The molecule has 2 aliphatic rings. The van der Waals surface area contributed by atoms with Gasteiger partial charge in [-0.05, 0) is 49.2 Å². The number of carbonyl (C=O) groups excluding carboxylic acids is 2. The van der Waals surface area contributed by atoms with Crippen molar-refractivity contribution in [3.63, 3.8) is 0 Å². The normalized spacial score (nSPS) is 22.3. The molecule has 6 rings (SSSR count). The van der Waals surface area contributed by atoms with Crippen molar-refractivity contribution in [1.29, 1.82) is 0 Å². The van der Waals surface area contributed by atoms with Crippen LogP contribution in [0.3, 0.4) is 0 Å². The maximum absolute atomic E-state index is 13.3. The van der Waals surface area contributed by atoms with Gasteiger partial charge < -0.3 is 10.6 Å². The van der Waals surface area contributed by atoms with E-state index in [2.05, 4.69) is 43.2 Å². The highest BCUT2D eigenvalue weighted by Crippen LogP contribution is 2.32. The van der Waals surface area contributed by atoms with Gasteiger partial charge in [-0.15, -0.1) is 35.8 Å². The lowest BCUT2D eigenvalue weighted by Gasteiger charge is -2.37. The molecule has 2 aromatic carbocycles. The Labute approximate surface area is 328 Å². The molecule has 2 fully saturated rings. The topological polar surface area (TPSA) is 183 Å². The molecule has 0 spiro atoms. The first-order chi connectivity index (χ1) is 25.6. The predicted octanol–water partition coefficient (Wildman–Crippen LogP) is 5.42. The van der Waals surface area contributed by atoms with Crippen LogP contribution in [-0.2, 0) is 30.0 Å². The molecule has 22 heteroatoms. The van der Waals surface area contributed by atoms with Crippen LogP contribution in [-0.4, -0.2) is 72.4 Å². The fourth-order valence-electron chi connectivity index (χ4n) is 5.50. The molecule has 4 atom stereocenters. The Balaban J connectivity index is 0.000000208. The molecule has 0 saturated carbocycles. The van der Waals surface area contributed by atoms with Gasteiger partial charge >= 0.3 is 0 Å².